The molecule has 0 amide bonds. The van der Waals surface area contributed by atoms with E-state index in [2.05, 4.69) is 4.72 Å². The summed E-state index contributed by atoms with van der Waals surface area (Å²) in [7, 11) is -3.66. The van der Waals surface area contributed by atoms with Crippen LogP contribution in [-0.2, 0) is 10.0 Å². The molecule has 1 aromatic rings. The summed E-state index contributed by atoms with van der Waals surface area (Å²) >= 11 is 1.67. The van der Waals surface area contributed by atoms with Gasteiger partial charge in [-0.2, -0.15) is 11.8 Å². The van der Waals surface area contributed by atoms with Gasteiger partial charge >= 0.3 is 0 Å². The maximum atomic E-state index is 12.8. The first kappa shape index (κ1) is 15.3. The summed E-state index contributed by atoms with van der Waals surface area (Å²) in [6.45, 7) is 2.35. The lowest BCUT2D eigenvalue weighted by Crippen LogP contribution is -2.27. The number of hydrogen-bond donors (Lipinski definition) is 2. The van der Waals surface area contributed by atoms with Gasteiger partial charge in [0.2, 0.25) is 10.0 Å². The van der Waals surface area contributed by atoms with Gasteiger partial charge in [-0.15, -0.1) is 0 Å². The largest absolute Gasteiger partial charge is 0.398 e. The second kappa shape index (κ2) is 6.40. The molecule has 0 saturated carbocycles. The molecule has 0 fully saturated rings. The van der Waals surface area contributed by atoms with Crippen LogP contribution in [0.4, 0.5) is 10.1 Å². The van der Waals surface area contributed by atoms with Crippen LogP contribution in [0.25, 0.3) is 0 Å². The van der Waals surface area contributed by atoms with Crippen molar-refractivity contribution in [3.8, 4) is 0 Å². The second-order valence-corrected chi connectivity index (χ2v) is 6.93. The highest BCUT2D eigenvalue weighted by Crippen LogP contribution is 2.19. The maximum absolute atomic E-state index is 12.8. The predicted octanol–water partition coefficient (Wildman–Crippen LogP) is 1.83. The summed E-state index contributed by atoms with van der Waals surface area (Å²) in [5.41, 5.74) is 5.42. The standard InChI is InChI=1S/C11H17FN2O2S2/c1-8(17-2)5-6-14-18(15,16)11-4-3-9(12)7-10(11)13/h3-4,7-8,14H,5-6,13H2,1-2H3. The van der Waals surface area contributed by atoms with E-state index in [1.807, 2.05) is 13.2 Å². The third-order valence-corrected chi connectivity index (χ3v) is 5.08. The minimum atomic E-state index is -3.66. The van der Waals surface area contributed by atoms with E-state index in [1.54, 1.807) is 11.8 Å². The normalized spacial score (nSPS) is 13.5. The van der Waals surface area contributed by atoms with Gasteiger partial charge in [0.25, 0.3) is 0 Å². The Kier molecular flexibility index (Phi) is 5.43. The van der Waals surface area contributed by atoms with E-state index in [9.17, 15) is 12.8 Å². The predicted molar refractivity (Wildman–Crippen MR) is 73.6 cm³/mol. The van der Waals surface area contributed by atoms with E-state index in [1.165, 1.54) is 6.07 Å². The summed E-state index contributed by atoms with van der Waals surface area (Å²) in [6.07, 6.45) is 2.69. The average molecular weight is 292 g/mol. The molecule has 0 bridgehead atoms. The molecule has 1 atom stereocenters. The van der Waals surface area contributed by atoms with Gasteiger partial charge in [-0.05, 0) is 30.9 Å². The van der Waals surface area contributed by atoms with Gasteiger partial charge in [-0.25, -0.2) is 17.5 Å². The summed E-state index contributed by atoms with van der Waals surface area (Å²) in [5.74, 6) is -0.553. The molecule has 1 aromatic carbocycles. The Bertz CT molecular complexity index is 506. The van der Waals surface area contributed by atoms with Gasteiger partial charge in [0.15, 0.2) is 0 Å². The number of thioether (sulfide) groups is 1. The van der Waals surface area contributed by atoms with Gasteiger partial charge in [0.1, 0.15) is 10.7 Å². The van der Waals surface area contributed by atoms with Crippen LogP contribution in [0.3, 0.4) is 0 Å². The van der Waals surface area contributed by atoms with Crippen LogP contribution in [0.1, 0.15) is 13.3 Å². The average Bonchev–Trinajstić information content (AvgIpc) is 2.27. The molecular weight excluding hydrogens is 275 g/mol. The topological polar surface area (TPSA) is 72.2 Å². The third kappa shape index (κ3) is 4.15. The first-order valence-corrected chi connectivity index (χ1v) is 8.21. The number of nitrogens with one attached hydrogen (secondary N) is 1. The minimum absolute atomic E-state index is 0.0827. The molecule has 0 aromatic heterocycles. The fraction of sp³-hybridized carbons (Fsp3) is 0.455. The molecular formula is C11H17FN2O2S2. The summed E-state index contributed by atoms with van der Waals surface area (Å²) in [4.78, 5) is -0.0827. The van der Waals surface area contributed by atoms with E-state index in [-0.39, 0.29) is 10.6 Å². The molecule has 0 aliphatic rings. The Balaban J connectivity index is 2.74. The number of halogens is 1. The van der Waals surface area contributed by atoms with Crippen molar-refractivity contribution >= 4 is 27.5 Å². The fourth-order valence-electron chi connectivity index (χ4n) is 1.36. The molecule has 102 valence electrons. The Hall–Kier alpha value is -0.790. The van der Waals surface area contributed by atoms with Crippen LogP contribution in [0.2, 0.25) is 0 Å². The third-order valence-electron chi connectivity index (χ3n) is 2.51. The van der Waals surface area contributed by atoms with Crippen molar-refractivity contribution in [2.45, 2.75) is 23.5 Å². The summed E-state index contributed by atoms with van der Waals surface area (Å²) in [5, 5.41) is 0.373. The molecule has 1 rings (SSSR count). The van der Waals surface area contributed by atoms with Crippen molar-refractivity contribution < 1.29 is 12.8 Å². The second-order valence-electron chi connectivity index (χ2n) is 3.91. The lowest BCUT2D eigenvalue weighted by molar-refractivity contribution is 0.578. The van der Waals surface area contributed by atoms with Crippen LogP contribution in [0.5, 0.6) is 0 Å². The van der Waals surface area contributed by atoms with Crippen molar-refractivity contribution in [1.82, 2.24) is 4.72 Å². The highest BCUT2D eigenvalue weighted by molar-refractivity contribution is 7.99. The number of hydrogen-bond acceptors (Lipinski definition) is 4. The first-order chi connectivity index (χ1) is 8.36. The van der Waals surface area contributed by atoms with E-state index >= 15 is 0 Å². The molecule has 0 spiro atoms. The van der Waals surface area contributed by atoms with Crippen molar-refractivity contribution in [1.29, 1.82) is 0 Å². The van der Waals surface area contributed by atoms with Gasteiger partial charge in [-0.1, -0.05) is 6.92 Å². The highest BCUT2D eigenvalue weighted by atomic mass is 32.2. The van der Waals surface area contributed by atoms with Crippen molar-refractivity contribution in [3.05, 3.63) is 24.0 Å². The first-order valence-electron chi connectivity index (χ1n) is 5.44. The Morgan fingerprint density at radius 1 is 1.50 bits per heavy atom. The molecule has 7 heteroatoms. The maximum Gasteiger partial charge on any atom is 0.242 e. The number of nitrogen functional groups attached to an aromatic ring is 1. The van der Waals surface area contributed by atoms with Gasteiger partial charge in [0, 0.05) is 11.8 Å². The summed E-state index contributed by atoms with van der Waals surface area (Å²) < 4.78 is 39.1. The van der Waals surface area contributed by atoms with Gasteiger partial charge in [-0.3, -0.25) is 0 Å². The van der Waals surface area contributed by atoms with Crippen LogP contribution < -0.4 is 10.5 Å². The number of sulfonamides is 1. The number of benzene rings is 1. The van der Waals surface area contributed by atoms with E-state index in [4.69, 9.17) is 5.73 Å². The molecule has 4 nitrogen and oxygen atoms in total. The minimum Gasteiger partial charge on any atom is -0.398 e. The Morgan fingerprint density at radius 3 is 2.72 bits per heavy atom. The monoisotopic (exact) mass is 292 g/mol. The van der Waals surface area contributed by atoms with Crippen LogP contribution in [0.15, 0.2) is 23.1 Å². The fourth-order valence-corrected chi connectivity index (χ4v) is 2.87. The van der Waals surface area contributed by atoms with Crippen molar-refractivity contribution in [2.75, 3.05) is 18.5 Å². The summed E-state index contributed by atoms with van der Waals surface area (Å²) in [6, 6.07) is 3.25. The molecule has 18 heavy (non-hydrogen) atoms. The molecule has 0 aliphatic carbocycles. The van der Waals surface area contributed by atoms with E-state index < -0.39 is 15.8 Å². The molecule has 0 heterocycles. The molecule has 0 saturated heterocycles. The van der Waals surface area contributed by atoms with Crippen LogP contribution >= 0.6 is 11.8 Å². The number of anilines is 1. The van der Waals surface area contributed by atoms with E-state index in [0.717, 1.165) is 18.6 Å². The lowest BCUT2D eigenvalue weighted by Gasteiger charge is -2.11. The SMILES string of the molecule is CSC(C)CCNS(=O)(=O)c1ccc(F)cc1N. The zero-order chi connectivity index (χ0) is 13.8. The van der Waals surface area contributed by atoms with Gasteiger partial charge < -0.3 is 5.73 Å². The highest BCUT2D eigenvalue weighted by Gasteiger charge is 2.17. The van der Waals surface area contributed by atoms with Crippen molar-refractivity contribution in [2.24, 2.45) is 0 Å². The Labute approximate surface area is 111 Å². The zero-order valence-electron chi connectivity index (χ0n) is 10.3. The Morgan fingerprint density at radius 2 is 2.17 bits per heavy atom. The van der Waals surface area contributed by atoms with E-state index in [0.29, 0.717) is 11.8 Å². The smallest absolute Gasteiger partial charge is 0.242 e. The van der Waals surface area contributed by atoms with Crippen molar-refractivity contribution in [3.63, 3.8) is 0 Å². The molecule has 1 unspecified atom stereocenters. The molecule has 0 aliphatic heterocycles. The van der Waals surface area contributed by atoms with Gasteiger partial charge in [0.05, 0.1) is 5.69 Å². The zero-order valence-corrected chi connectivity index (χ0v) is 11.9. The quantitative estimate of drug-likeness (QED) is 0.785. The molecule has 0 radical (unpaired) electrons. The lowest BCUT2D eigenvalue weighted by atomic mass is 10.3. The number of rotatable bonds is 6. The molecule has 3 N–H and O–H groups in total. The number of nitrogens with two attached hydrogens (primary N) is 1. The van der Waals surface area contributed by atoms with Crippen LogP contribution in [0, 0.1) is 5.82 Å². The van der Waals surface area contributed by atoms with Crippen LogP contribution in [-0.4, -0.2) is 26.5 Å².